The predicted octanol–water partition coefficient (Wildman–Crippen LogP) is 3.48. The molecule has 0 bridgehead atoms. The summed E-state index contributed by atoms with van der Waals surface area (Å²) in [6, 6.07) is 10.5. The van der Waals surface area contributed by atoms with Crippen molar-refractivity contribution in [1.29, 1.82) is 5.26 Å². The lowest BCUT2D eigenvalue weighted by atomic mass is 10.1. The maximum Gasteiger partial charge on any atom is 0.349 e. The summed E-state index contributed by atoms with van der Waals surface area (Å²) in [5, 5.41) is 9.29. The summed E-state index contributed by atoms with van der Waals surface area (Å²) in [6.45, 7) is 4.73. The third kappa shape index (κ3) is 5.82. The van der Waals surface area contributed by atoms with Crippen LogP contribution in [0.2, 0.25) is 0 Å². The molecule has 0 aliphatic carbocycles. The highest BCUT2D eigenvalue weighted by molar-refractivity contribution is 6.02. The number of benzene rings is 1. The molecule has 0 spiro atoms. The Balaban J connectivity index is 2.04. The third-order valence-electron chi connectivity index (χ3n) is 4.71. The largest absolute Gasteiger partial charge is 0.497 e. The highest BCUT2D eigenvalue weighted by Gasteiger charge is 2.19. The lowest BCUT2D eigenvalue weighted by molar-refractivity contribution is -0.137. The standard InChI is InChI=1S/C23H26N2O5/c1-16-12-21(17(2)25(16)10-5-11-28-3)22(26)15-30-23(27)19(14-24)13-18-6-8-20(29-4)9-7-18/h6-9,12-13H,5,10-11,15H2,1-4H3/b19-13+. The van der Waals surface area contributed by atoms with Crippen molar-refractivity contribution in [3.8, 4) is 11.8 Å². The zero-order chi connectivity index (χ0) is 22.1. The topological polar surface area (TPSA) is 90.5 Å². The SMILES string of the molecule is COCCCn1c(C)cc(C(=O)COC(=O)/C(C#N)=C/c2ccc(OC)cc2)c1C. The van der Waals surface area contributed by atoms with Gasteiger partial charge >= 0.3 is 5.97 Å². The lowest BCUT2D eigenvalue weighted by Gasteiger charge is -2.09. The van der Waals surface area contributed by atoms with Gasteiger partial charge in [-0.2, -0.15) is 5.26 Å². The zero-order valence-electron chi connectivity index (χ0n) is 17.7. The van der Waals surface area contributed by atoms with E-state index in [-0.39, 0.29) is 11.4 Å². The molecule has 2 aromatic rings. The van der Waals surface area contributed by atoms with Gasteiger partial charge in [-0.3, -0.25) is 4.79 Å². The molecule has 0 N–H and O–H groups in total. The summed E-state index contributed by atoms with van der Waals surface area (Å²) >= 11 is 0. The van der Waals surface area contributed by atoms with Crippen LogP contribution in [0.5, 0.6) is 5.75 Å². The van der Waals surface area contributed by atoms with Gasteiger partial charge in [0.2, 0.25) is 5.78 Å². The summed E-state index contributed by atoms with van der Waals surface area (Å²) in [5.41, 5.74) is 2.75. The van der Waals surface area contributed by atoms with Gasteiger partial charge in [-0.1, -0.05) is 12.1 Å². The molecule has 30 heavy (non-hydrogen) atoms. The van der Waals surface area contributed by atoms with Crippen molar-refractivity contribution in [3.63, 3.8) is 0 Å². The molecule has 0 aliphatic rings. The van der Waals surface area contributed by atoms with E-state index in [2.05, 4.69) is 0 Å². The molecule has 0 fully saturated rings. The average molecular weight is 410 g/mol. The Labute approximate surface area is 176 Å². The second-order valence-electron chi connectivity index (χ2n) is 6.73. The van der Waals surface area contributed by atoms with Crippen molar-refractivity contribution in [3.05, 3.63) is 58.4 Å². The molecule has 1 heterocycles. The van der Waals surface area contributed by atoms with Crippen LogP contribution >= 0.6 is 0 Å². The predicted molar refractivity (Wildman–Crippen MR) is 112 cm³/mol. The van der Waals surface area contributed by atoms with E-state index in [4.69, 9.17) is 14.2 Å². The van der Waals surface area contributed by atoms with Gasteiger partial charge in [-0.15, -0.1) is 0 Å². The first-order chi connectivity index (χ1) is 14.4. The summed E-state index contributed by atoms with van der Waals surface area (Å²) in [7, 11) is 3.20. The fourth-order valence-electron chi connectivity index (χ4n) is 3.08. The van der Waals surface area contributed by atoms with Crippen LogP contribution in [0.4, 0.5) is 0 Å². The number of esters is 1. The fourth-order valence-corrected chi connectivity index (χ4v) is 3.08. The second-order valence-corrected chi connectivity index (χ2v) is 6.73. The second kappa shape index (κ2) is 11.0. The van der Waals surface area contributed by atoms with E-state index in [1.165, 1.54) is 6.08 Å². The van der Waals surface area contributed by atoms with Crippen LogP contribution in [0.3, 0.4) is 0 Å². The summed E-state index contributed by atoms with van der Waals surface area (Å²) < 4.78 is 17.3. The number of nitriles is 1. The number of carbonyl (C=O) groups is 2. The highest BCUT2D eigenvalue weighted by Crippen LogP contribution is 2.17. The molecule has 0 saturated heterocycles. The molecule has 0 saturated carbocycles. The van der Waals surface area contributed by atoms with Crippen molar-refractivity contribution in [2.24, 2.45) is 0 Å². The van der Waals surface area contributed by atoms with E-state index >= 15 is 0 Å². The average Bonchev–Trinajstić information content (AvgIpc) is 3.04. The first-order valence-electron chi connectivity index (χ1n) is 9.53. The van der Waals surface area contributed by atoms with Crippen LogP contribution < -0.4 is 4.74 Å². The first-order valence-corrected chi connectivity index (χ1v) is 9.53. The van der Waals surface area contributed by atoms with E-state index < -0.39 is 12.6 Å². The van der Waals surface area contributed by atoms with Crippen LogP contribution in [-0.2, 0) is 20.8 Å². The minimum absolute atomic E-state index is 0.182. The molecule has 7 nitrogen and oxygen atoms in total. The van der Waals surface area contributed by atoms with E-state index in [9.17, 15) is 14.9 Å². The van der Waals surface area contributed by atoms with Crippen molar-refractivity contribution in [2.45, 2.75) is 26.8 Å². The Morgan fingerprint density at radius 1 is 1.17 bits per heavy atom. The van der Waals surface area contributed by atoms with Gasteiger partial charge in [-0.05, 0) is 50.1 Å². The Kier molecular flexibility index (Phi) is 8.39. The Hall–Kier alpha value is -3.37. The Morgan fingerprint density at radius 2 is 1.87 bits per heavy atom. The van der Waals surface area contributed by atoms with E-state index in [0.717, 1.165) is 24.4 Å². The van der Waals surface area contributed by atoms with E-state index in [1.807, 2.05) is 24.5 Å². The summed E-state index contributed by atoms with van der Waals surface area (Å²) in [6.07, 6.45) is 2.24. The number of rotatable bonds is 10. The van der Waals surface area contributed by atoms with Gasteiger partial charge in [0.05, 0.1) is 7.11 Å². The smallest absolute Gasteiger partial charge is 0.349 e. The number of aromatic nitrogens is 1. The molecule has 0 atom stereocenters. The lowest BCUT2D eigenvalue weighted by Crippen LogP contribution is -2.16. The number of aryl methyl sites for hydroxylation is 1. The monoisotopic (exact) mass is 410 g/mol. The fraction of sp³-hybridized carbons (Fsp3) is 0.348. The van der Waals surface area contributed by atoms with Gasteiger partial charge < -0.3 is 18.8 Å². The maximum absolute atomic E-state index is 12.6. The highest BCUT2D eigenvalue weighted by atomic mass is 16.5. The number of ketones is 1. The van der Waals surface area contributed by atoms with Gasteiger partial charge in [-0.25, -0.2) is 4.79 Å². The molecule has 158 valence electrons. The zero-order valence-corrected chi connectivity index (χ0v) is 17.7. The minimum atomic E-state index is -0.837. The summed E-state index contributed by atoms with van der Waals surface area (Å²) in [4.78, 5) is 24.8. The van der Waals surface area contributed by atoms with Crippen LogP contribution in [0.1, 0.15) is 33.7 Å². The Bertz CT molecular complexity index is 965. The van der Waals surface area contributed by atoms with Crippen LogP contribution in [0.15, 0.2) is 35.9 Å². The number of hydrogen-bond donors (Lipinski definition) is 0. The number of ether oxygens (including phenoxy) is 3. The van der Waals surface area contributed by atoms with Crippen molar-refractivity contribution in [1.82, 2.24) is 4.57 Å². The van der Waals surface area contributed by atoms with Gasteiger partial charge in [0, 0.05) is 37.2 Å². The molecule has 0 radical (unpaired) electrons. The number of methoxy groups -OCH3 is 2. The molecule has 1 aromatic carbocycles. The number of Topliss-reactive ketones (excluding diaryl/α,β-unsaturated/α-hetero) is 1. The van der Waals surface area contributed by atoms with E-state index in [1.54, 1.807) is 44.6 Å². The minimum Gasteiger partial charge on any atom is -0.497 e. The maximum atomic E-state index is 12.6. The molecule has 2 rings (SSSR count). The number of hydrogen-bond acceptors (Lipinski definition) is 6. The number of carbonyl (C=O) groups excluding carboxylic acids is 2. The first kappa shape index (κ1) is 22.9. The Morgan fingerprint density at radius 3 is 2.47 bits per heavy atom. The van der Waals surface area contributed by atoms with Gasteiger partial charge in [0.25, 0.3) is 0 Å². The van der Waals surface area contributed by atoms with Gasteiger partial charge in [0.15, 0.2) is 6.61 Å². The van der Waals surface area contributed by atoms with Gasteiger partial charge in [0.1, 0.15) is 17.4 Å². The van der Waals surface area contributed by atoms with Crippen molar-refractivity contribution >= 4 is 17.8 Å². The molecule has 1 aromatic heterocycles. The van der Waals surface area contributed by atoms with Crippen molar-refractivity contribution < 1.29 is 23.8 Å². The third-order valence-corrected chi connectivity index (χ3v) is 4.71. The van der Waals surface area contributed by atoms with Crippen molar-refractivity contribution in [2.75, 3.05) is 27.4 Å². The molecule has 0 unspecified atom stereocenters. The van der Waals surface area contributed by atoms with E-state index in [0.29, 0.717) is 23.5 Å². The quantitative estimate of drug-likeness (QED) is 0.196. The molecular formula is C23H26N2O5. The molecule has 0 aliphatic heterocycles. The molecule has 7 heteroatoms. The summed E-state index contributed by atoms with van der Waals surface area (Å²) in [5.74, 6) is -0.481. The number of nitrogens with zero attached hydrogens (tertiary/aromatic N) is 2. The molecule has 0 amide bonds. The van der Waals surface area contributed by atoms with Crippen LogP contribution in [0.25, 0.3) is 6.08 Å². The normalized spacial score (nSPS) is 11.1. The van der Waals surface area contributed by atoms with Crippen LogP contribution in [-0.4, -0.2) is 43.8 Å². The van der Waals surface area contributed by atoms with Crippen LogP contribution in [0, 0.1) is 25.2 Å². The molecular weight excluding hydrogens is 384 g/mol.